The first-order valence-corrected chi connectivity index (χ1v) is 8.21. The van der Waals surface area contributed by atoms with Gasteiger partial charge in [0.2, 0.25) is 0 Å². The molecule has 2 rings (SSSR count). The monoisotopic (exact) mass is 281 g/mol. The van der Waals surface area contributed by atoms with Crippen molar-refractivity contribution >= 4 is 44.7 Å². The van der Waals surface area contributed by atoms with Crippen LogP contribution >= 0.6 is 23.1 Å². The normalized spacial score (nSPS) is 12.8. The fraction of sp³-hybridized carbons (Fsp3) is 0.462. The highest BCUT2D eigenvalue weighted by atomic mass is 32.2. The van der Waals surface area contributed by atoms with E-state index < -0.39 is 0 Å². The lowest BCUT2D eigenvalue weighted by Crippen LogP contribution is -2.17. The summed E-state index contributed by atoms with van der Waals surface area (Å²) in [6.07, 6.45) is 1.15. The molecule has 0 fully saturated rings. The fourth-order valence-electron chi connectivity index (χ4n) is 1.82. The minimum Gasteiger partial charge on any atom is -0.395 e. The van der Waals surface area contributed by atoms with Gasteiger partial charge in [-0.3, -0.25) is 0 Å². The van der Waals surface area contributed by atoms with Crippen LogP contribution in [0.1, 0.15) is 20.3 Å². The van der Waals surface area contributed by atoms with Gasteiger partial charge in [0.1, 0.15) is 5.52 Å². The van der Waals surface area contributed by atoms with Crippen LogP contribution in [0.2, 0.25) is 0 Å². The molecule has 0 bridgehead atoms. The van der Waals surface area contributed by atoms with Crippen LogP contribution < -0.4 is 11.1 Å². The standard InChI is InChI=1S/C13H19N3S2/c1-3-17-7-6-9(2)16-10-4-5-11-13(12(10)14)15-8-18-11/h4-5,8-9,16H,3,6-7,14H2,1-2H3. The number of thioether (sulfide) groups is 1. The van der Waals surface area contributed by atoms with Crippen molar-refractivity contribution < 1.29 is 0 Å². The van der Waals surface area contributed by atoms with Crippen LogP contribution in [0.4, 0.5) is 11.4 Å². The van der Waals surface area contributed by atoms with E-state index in [1.807, 2.05) is 17.3 Å². The SMILES string of the molecule is CCSCCC(C)Nc1ccc2scnc2c1N. The average molecular weight is 281 g/mol. The molecule has 1 aromatic carbocycles. The van der Waals surface area contributed by atoms with E-state index >= 15 is 0 Å². The number of thiazole rings is 1. The summed E-state index contributed by atoms with van der Waals surface area (Å²) < 4.78 is 1.15. The van der Waals surface area contributed by atoms with Gasteiger partial charge in [-0.25, -0.2) is 4.98 Å². The van der Waals surface area contributed by atoms with E-state index in [1.165, 1.54) is 11.5 Å². The first-order valence-electron chi connectivity index (χ1n) is 6.18. The van der Waals surface area contributed by atoms with Crippen molar-refractivity contribution in [3.8, 4) is 0 Å². The maximum absolute atomic E-state index is 6.14. The number of aromatic nitrogens is 1. The molecule has 1 heterocycles. The number of rotatable bonds is 6. The summed E-state index contributed by atoms with van der Waals surface area (Å²) in [6.45, 7) is 4.39. The van der Waals surface area contributed by atoms with Crippen LogP contribution in [0.3, 0.4) is 0 Å². The molecule has 98 valence electrons. The van der Waals surface area contributed by atoms with Crippen LogP contribution in [0.5, 0.6) is 0 Å². The Morgan fingerprint density at radius 1 is 1.50 bits per heavy atom. The highest BCUT2D eigenvalue weighted by Crippen LogP contribution is 2.30. The topological polar surface area (TPSA) is 50.9 Å². The van der Waals surface area contributed by atoms with Crippen molar-refractivity contribution in [2.24, 2.45) is 0 Å². The number of nitrogen functional groups attached to an aromatic ring is 1. The third kappa shape index (κ3) is 3.09. The highest BCUT2D eigenvalue weighted by Gasteiger charge is 2.09. The Morgan fingerprint density at radius 3 is 3.11 bits per heavy atom. The molecule has 0 spiro atoms. The maximum atomic E-state index is 6.14. The first-order chi connectivity index (χ1) is 8.72. The highest BCUT2D eigenvalue weighted by molar-refractivity contribution is 7.99. The zero-order valence-electron chi connectivity index (χ0n) is 10.8. The minimum atomic E-state index is 0.433. The molecular weight excluding hydrogens is 262 g/mol. The number of hydrogen-bond acceptors (Lipinski definition) is 5. The molecule has 0 amide bonds. The molecule has 1 unspecified atom stereocenters. The molecule has 18 heavy (non-hydrogen) atoms. The molecule has 0 aliphatic carbocycles. The summed E-state index contributed by atoms with van der Waals surface area (Å²) in [5, 5.41) is 3.48. The summed E-state index contributed by atoms with van der Waals surface area (Å²) in [5.41, 5.74) is 10.7. The molecule has 0 saturated heterocycles. The average Bonchev–Trinajstić information content (AvgIpc) is 2.82. The molecule has 5 heteroatoms. The van der Waals surface area contributed by atoms with E-state index in [4.69, 9.17) is 5.73 Å². The van der Waals surface area contributed by atoms with Gasteiger partial charge in [-0.05, 0) is 37.0 Å². The molecular formula is C13H19N3S2. The van der Waals surface area contributed by atoms with Crippen molar-refractivity contribution in [2.75, 3.05) is 22.6 Å². The van der Waals surface area contributed by atoms with Crippen molar-refractivity contribution in [2.45, 2.75) is 26.3 Å². The number of anilines is 2. The van der Waals surface area contributed by atoms with E-state index in [9.17, 15) is 0 Å². The van der Waals surface area contributed by atoms with E-state index in [0.717, 1.165) is 28.0 Å². The summed E-state index contributed by atoms with van der Waals surface area (Å²) in [5.74, 6) is 2.36. The van der Waals surface area contributed by atoms with Gasteiger partial charge < -0.3 is 11.1 Å². The van der Waals surface area contributed by atoms with E-state index in [2.05, 4.69) is 36.3 Å². The second kappa shape index (κ2) is 6.29. The number of fused-ring (bicyclic) bond motifs is 1. The number of nitrogens with two attached hydrogens (primary N) is 1. The second-order valence-electron chi connectivity index (χ2n) is 4.26. The van der Waals surface area contributed by atoms with Gasteiger partial charge in [0, 0.05) is 6.04 Å². The van der Waals surface area contributed by atoms with Crippen LogP contribution in [-0.4, -0.2) is 22.5 Å². The van der Waals surface area contributed by atoms with Gasteiger partial charge in [0.15, 0.2) is 0 Å². The third-order valence-electron chi connectivity index (χ3n) is 2.84. The predicted octanol–water partition coefficient (Wildman–Crippen LogP) is 3.82. The fourth-order valence-corrected chi connectivity index (χ4v) is 3.32. The lowest BCUT2D eigenvalue weighted by Gasteiger charge is -2.16. The largest absolute Gasteiger partial charge is 0.395 e. The number of hydrogen-bond donors (Lipinski definition) is 2. The predicted molar refractivity (Wildman–Crippen MR) is 84.7 cm³/mol. The summed E-state index contributed by atoms with van der Waals surface area (Å²) in [6, 6.07) is 4.57. The van der Waals surface area contributed by atoms with E-state index in [1.54, 1.807) is 11.3 Å². The molecule has 0 saturated carbocycles. The van der Waals surface area contributed by atoms with Crippen molar-refractivity contribution in [3.05, 3.63) is 17.6 Å². The van der Waals surface area contributed by atoms with Gasteiger partial charge in [0.25, 0.3) is 0 Å². The van der Waals surface area contributed by atoms with Crippen LogP contribution in [-0.2, 0) is 0 Å². The first kappa shape index (κ1) is 13.5. The van der Waals surface area contributed by atoms with Gasteiger partial charge in [-0.2, -0.15) is 11.8 Å². The number of benzene rings is 1. The quantitative estimate of drug-likeness (QED) is 0.624. The van der Waals surface area contributed by atoms with Crippen molar-refractivity contribution in [1.82, 2.24) is 4.98 Å². The van der Waals surface area contributed by atoms with Gasteiger partial charge in [-0.1, -0.05) is 6.92 Å². The molecule has 2 aromatic rings. The smallest absolute Gasteiger partial charge is 0.106 e. The van der Waals surface area contributed by atoms with Crippen molar-refractivity contribution in [1.29, 1.82) is 0 Å². The molecule has 3 N–H and O–H groups in total. The molecule has 0 aliphatic heterocycles. The van der Waals surface area contributed by atoms with Crippen LogP contribution in [0, 0.1) is 0 Å². The third-order valence-corrected chi connectivity index (χ3v) is 4.57. The van der Waals surface area contributed by atoms with E-state index in [0.29, 0.717) is 6.04 Å². The Hall–Kier alpha value is -0.940. The van der Waals surface area contributed by atoms with E-state index in [-0.39, 0.29) is 0 Å². The zero-order valence-corrected chi connectivity index (χ0v) is 12.4. The molecule has 0 radical (unpaired) electrons. The molecule has 1 aromatic heterocycles. The zero-order chi connectivity index (χ0) is 13.0. The Labute approximate surface area is 116 Å². The van der Waals surface area contributed by atoms with Gasteiger partial charge >= 0.3 is 0 Å². The Morgan fingerprint density at radius 2 is 2.33 bits per heavy atom. The molecule has 1 atom stereocenters. The minimum absolute atomic E-state index is 0.433. The summed E-state index contributed by atoms with van der Waals surface area (Å²) in [4.78, 5) is 4.31. The Bertz CT molecular complexity index is 510. The molecule has 3 nitrogen and oxygen atoms in total. The second-order valence-corrected chi connectivity index (χ2v) is 6.54. The molecule has 0 aliphatic rings. The maximum Gasteiger partial charge on any atom is 0.106 e. The number of nitrogens with zero attached hydrogens (tertiary/aromatic N) is 1. The Kier molecular flexibility index (Phi) is 4.72. The number of nitrogens with one attached hydrogen (secondary N) is 1. The van der Waals surface area contributed by atoms with Crippen LogP contribution in [0.25, 0.3) is 10.2 Å². The van der Waals surface area contributed by atoms with Gasteiger partial charge in [0.05, 0.1) is 21.6 Å². The lowest BCUT2D eigenvalue weighted by molar-refractivity contribution is 0.772. The Balaban J connectivity index is 2.04. The lowest BCUT2D eigenvalue weighted by atomic mass is 10.2. The van der Waals surface area contributed by atoms with Crippen LogP contribution in [0.15, 0.2) is 17.6 Å². The summed E-state index contributed by atoms with van der Waals surface area (Å²) >= 11 is 3.60. The van der Waals surface area contributed by atoms with Crippen molar-refractivity contribution in [3.63, 3.8) is 0 Å². The summed E-state index contributed by atoms with van der Waals surface area (Å²) in [7, 11) is 0. The van der Waals surface area contributed by atoms with Gasteiger partial charge in [-0.15, -0.1) is 11.3 Å².